The average Bonchev–Trinajstić information content (AvgIpc) is 2.48. The van der Waals surface area contributed by atoms with E-state index >= 15 is 0 Å². The van der Waals surface area contributed by atoms with Gasteiger partial charge in [0.2, 0.25) is 0 Å². The predicted octanol–water partition coefficient (Wildman–Crippen LogP) is 3.57. The van der Waals surface area contributed by atoms with Crippen molar-refractivity contribution in [3.63, 3.8) is 0 Å². The van der Waals surface area contributed by atoms with Crippen molar-refractivity contribution < 1.29 is 16.8 Å². The molecule has 0 saturated heterocycles. The summed E-state index contributed by atoms with van der Waals surface area (Å²) in [5.74, 6) is 0.410. The molecule has 0 aliphatic heterocycles. The number of rotatable bonds is 7. The van der Waals surface area contributed by atoms with Crippen LogP contribution in [0.3, 0.4) is 0 Å². The zero-order valence-corrected chi connectivity index (χ0v) is 13.5. The summed E-state index contributed by atoms with van der Waals surface area (Å²) in [5, 5.41) is 0. The van der Waals surface area contributed by atoms with Crippen molar-refractivity contribution in [2.75, 3.05) is 6.61 Å². The number of para-hydroxylation sites is 1. The third kappa shape index (κ3) is 5.16. The highest BCUT2D eigenvalue weighted by atomic mass is 32.3. The SMILES string of the molecule is CC(C)COS(=O)(=O)Oc1ccccc1Cc1ccccc1. The van der Waals surface area contributed by atoms with Crippen LogP contribution in [0.15, 0.2) is 54.6 Å². The maximum absolute atomic E-state index is 11.9. The van der Waals surface area contributed by atoms with Crippen LogP contribution in [0.1, 0.15) is 25.0 Å². The van der Waals surface area contributed by atoms with Crippen LogP contribution < -0.4 is 4.18 Å². The third-order valence-corrected chi connectivity index (χ3v) is 3.76. The minimum Gasteiger partial charge on any atom is -0.361 e. The summed E-state index contributed by atoms with van der Waals surface area (Å²) in [6.45, 7) is 3.85. The summed E-state index contributed by atoms with van der Waals surface area (Å²) in [6, 6.07) is 16.9. The average molecular weight is 320 g/mol. The molecule has 0 amide bonds. The van der Waals surface area contributed by atoms with E-state index in [1.54, 1.807) is 12.1 Å². The maximum atomic E-state index is 11.9. The first-order valence-corrected chi connectivity index (χ1v) is 8.50. The lowest BCUT2D eigenvalue weighted by molar-refractivity contribution is 0.241. The summed E-state index contributed by atoms with van der Waals surface area (Å²) < 4.78 is 33.7. The van der Waals surface area contributed by atoms with Crippen molar-refractivity contribution in [1.29, 1.82) is 0 Å². The monoisotopic (exact) mass is 320 g/mol. The highest BCUT2D eigenvalue weighted by Gasteiger charge is 2.17. The summed E-state index contributed by atoms with van der Waals surface area (Å²) in [4.78, 5) is 0. The number of hydrogen-bond donors (Lipinski definition) is 0. The van der Waals surface area contributed by atoms with E-state index in [1.165, 1.54) is 0 Å². The molecule has 0 unspecified atom stereocenters. The van der Waals surface area contributed by atoms with E-state index in [0.717, 1.165) is 11.1 Å². The van der Waals surface area contributed by atoms with Gasteiger partial charge in [0.05, 0.1) is 6.61 Å². The van der Waals surface area contributed by atoms with Crippen molar-refractivity contribution in [3.8, 4) is 5.75 Å². The van der Waals surface area contributed by atoms with Gasteiger partial charge in [-0.25, -0.2) is 4.18 Å². The molecule has 118 valence electrons. The van der Waals surface area contributed by atoms with Crippen LogP contribution in [0.25, 0.3) is 0 Å². The van der Waals surface area contributed by atoms with E-state index in [4.69, 9.17) is 8.37 Å². The zero-order valence-electron chi connectivity index (χ0n) is 12.7. The summed E-state index contributed by atoms with van der Waals surface area (Å²) in [7, 11) is -4.04. The molecule has 0 heterocycles. The second kappa shape index (κ2) is 7.42. The smallest absolute Gasteiger partial charge is 0.361 e. The molecule has 5 heteroatoms. The fourth-order valence-electron chi connectivity index (χ4n) is 1.90. The predicted molar refractivity (Wildman–Crippen MR) is 86.0 cm³/mol. The van der Waals surface area contributed by atoms with E-state index in [0.29, 0.717) is 12.2 Å². The molecule has 0 aliphatic rings. The van der Waals surface area contributed by atoms with Crippen molar-refractivity contribution in [3.05, 3.63) is 65.7 Å². The summed E-state index contributed by atoms with van der Waals surface area (Å²) in [6.07, 6.45) is 0.594. The molecule has 0 bridgehead atoms. The molecule has 2 rings (SSSR count). The van der Waals surface area contributed by atoms with Crippen molar-refractivity contribution >= 4 is 10.4 Å². The first-order chi connectivity index (χ1) is 10.5. The van der Waals surface area contributed by atoms with Gasteiger partial charge in [0.1, 0.15) is 5.75 Å². The van der Waals surface area contributed by atoms with Gasteiger partial charge >= 0.3 is 10.4 Å². The molecule has 0 saturated carbocycles. The molecule has 0 aliphatic carbocycles. The molecular weight excluding hydrogens is 300 g/mol. The van der Waals surface area contributed by atoms with Crippen LogP contribution in [0.2, 0.25) is 0 Å². The molecule has 2 aromatic carbocycles. The van der Waals surface area contributed by atoms with Crippen LogP contribution in [-0.2, 0) is 21.0 Å². The van der Waals surface area contributed by atoms with Crippen molar-refractivity contribution in [2.24, 2.45) is 5.92 Å². The van der Waals surface area contributed by atoms with Gasteiger partial charge in [-0.2, -0.15) is 8.42 Å². The van der Waals surface area contributed by atoms with E-state index < -0.39 is 10.4 Å². The second-order valence-corrected chi connectivity index (χ2v) is 6.66. The summed E-state index contributed by atoms with van der Waals surface area (Å²) >= 11 is 0. The lowest BCUT2D eigenvalue weighted by Gasteiger charge is -2.12. The Hall–Kier alpha value is -1.85. The first kappa shape index (κ1) is 16.5. The topological polar surface area (TPSA) is 52.6 Å². The van der Waals surface area contributed by atoms with E-state index in [-0.39, 0.29) is 12.5 Å². The minimum absolute atomic E-state index is 0.100. The van der Waals surface area contributed by atoms with Gasteiger partial charge in [-0.05, 0) is 17.5 Å². The van der Waals surface area contributed by atoms with Crippen LogP contribution >= 0.6 is 0 Å². The fourth-order valence-corrected chi connectivity index (χ4v) is 2.77. The Labute approximate surface area is 132 Å². The van der Waals surface area contributed by atoms with E-state index in [1.807, 2.05) is 56.3 Å². The highest BCUT2D eigenvalue weighted by molar-refractivity contribution is 7.82. The fraction of sp³-hybridized carbons (Fsp3) is 0.294. The van der Waals surface area contributed by atoms with E-state index in [2.05, 4.69) is 0 Å². The molecule has 2 aromatic rings. The van der Waals surface area contributed by atoms with Crippen LogP contribution in [0.4, 0.5) is 0 Å². The molecule has 0 fully saturated rings. The maximum Gasteiger partial charge on any atom is 0.449 e. The molecular formula is C17H20O4S. The Kier molecular flexibility index (Phi) is 5.57. The molecule has 0 spiro atoms. The Morgan fingerprint density at radius 3 is 2.27 bits per heavy atom. The van der Waals surface area contributed by atoms with Gasteiger partial charge in [0.25, 0.3) is 0 Å². The normalized spacial score (nSPS) is 11.6. The molecule has 4 nitrogen and oxygen atoms in total. The Balaban J connectivity index is 2.15. The van der Waals surface area contributed by atoms with Crippen LogP contribution in [0.5, 0.6) is 5.75 Å². The number of hydrogen-bond acceptors (Lipinski definition) is 4. The molecule has 0 radical (unpaired) electrons. The lowest BCUT2D eigenvalue weighted by Crippen LogP contribution is -2.17. The van der Waals surface area contributed by atoms with Gasteiger partial charge in [-0.1, -0.05) is 62.4 Å². The Morgan fingerprint density at radius 2 is 1.59 bits per heavy atom. The van der Waals surface area contributed by atoms with Gasteiger partial charge in [0.15, 0.2) is 0 Å². The van der Waals surface area contributed by atoms with Crippen molar-refractivity contribution in [2.45, 2.75) is 20.3 Å². The van der Waals surface area contributed by atoms with Crippen LogP contribution in [-0.4, -0.2) is 15.0 Å². The van der Waals surface area contributed by atoms with Gasteiger partial charge in [0, 0.05) is 12.0 Å². The van der Waals surface area contributed by atoms with Gasteiger partial charge < -0.3 is 4.18 Å². The Bertz CT molecular complexity index is 694. The van der Waals surface area contributed by atoms with Crippen LogP contribution in [0, 0.1) is 5.92 Å². The minimum atomic E-state index is -4.04. The molecule has 0 N–H and O–H groups in total. The summed E-state index contributed by atoms with van der Waals surface area (Å²) in [5.41, 5.74) is 1.88. The quantitative estimate of drug-likeness (QED) is 0.782. The van der Waals surface area contributed by atoms with Crippen molar-refractivity contribution in [1.82, 2.24) is 0 Å². The Morgan fingerprint density at radius 1 is 0.955 bits per heavy atom. The third-order valence-electron chi connectivity index (χ3n) is 2.95. The van der Waals surface area contributed by atoms with Gasteiger partial charge in [-0.3, -0.25) is 0 Å². The number of benzene rings is 2. The highest BCUT2D eigenvalue weighted by Crippen LogP contribution is 2.23. The second-order valence-electron chi connectivity index (χ2n) is 5.44. The van der Waals surface area contributed by atoms with Gasteiger partial charge in [-0.15, -0.1) is 0 Å². The first-order valence-electron chi connectivity index (χ1n) is 7.17. The molecule has 0 atom stereocenters. The van der Waals surface area contributed by atoms with E-state index in [9.17, 15) is 8.42 Å². The standard InChI is InChI=1S/C17H20O4S/c1-14(2)13-20-22(18,19)21-17-11-7-6-10-16(17)12-15-8-4-3-5-9-15/h3-11,14H,12-13H2,1-2H3. The largest absolute Gasteiger partial charge is 0.449 e. The zero-order chi connectivity index (χ0) is 16.0. The molecule has 0 aromatic heterocycles. The lowest BCUT2D eigenvalue weighted by atomic mass is 10.0. The molecule has 22 heavy (non-hydrogen) atoms.